The number of H-pyrrole nitrogens is 1. The first kappa shape index (κ1) is 22.0. The number of hydrogen-bond acceptors (Lipinski definition) is 6. The second-order valence-electron chi connectivity index (χ2n) is 9.91. The van der Waals surface area contributed by atoms with Crippen LogP contribution in [-0.4, -0.2) is 55.8 Å². The van der Waals surface area contributed by atoms with Crippen LogP contribution in [0.25, 0.3) is 27.7 Å². The van der Waals surface area contributed by atoms with E-state index in [0.717, 1.165) is 59.3 Å². The summed E-state index contributed by atoms with van der Waals surface area (Å²) in [4.78, 5) is 25.6. The van der Waals surface area contributed by atoms with Crippen molar-refractivity contribution in [1.82, 2.24) is 29.9 Å². The van der Waals surface area contributed by atoms with Crippen LogP contribution < -0.4 is 10.6 Å². The molecular formula is C26H31N7O2. The predicted molar refractivity (Wildman–Crippen MR) is 134 cm³/mol. The molecule has 4 aromatic heterocycles. The minimum atomic E-state index is -0.0826. The molecule has 9 heteroatoms. The highest BCUT2D eigenvalue weighted by molar-refractivity contribution is 6.02. The van der Waals surface area contributed by atoms with Gasteiger partial charge >= 0.3 is 0 Å². The molecule has 0 radical (unpaired) electrons. The van der Waals surface area contributed by atoms with Crippen LogP contribution in [0.5, 0.6) is 0 Å². The fourth-order valence-electron chi connectivity index (χ4n) is 5.16. The number of ether oxygens (including phenoxy) is 1. The van der Waals surface area contributed by atoms with Gasteiger partial charge in [0, 0.05) is 48.7 Å². The molecule has 1 atom stereocenters. The Bertz CT molecular complexity index is 1360. The lowest BCUT2D eigenvalue weighted by molar-refractivity contribution is 0.0599. The van der Waals surface area contributed by atoms with Crippen LogP contribution in [0.4, 0.5) is 5.95 Å². The molecule has 2 fully saturated rings. The Morgan fingerprint density at radius 3 is 2.80 bits per heavy atom. The van der Waals surface area contributed by atoms with Gasteiger partial charge in [-0.05, 0) is 69.1 Å². The Morgan fingerprint density at radius 1 is 1.20 bits per heavy atom. The van der Waals surface area contributed by atoms with E-state index < -0.39 is 0 Å². The highest BCUT2D eigenvalue weighted by Crippen LogP contribution is 2.34. The molecule has 2 saturated carbocycles. The Kier molecular flexibility index (Phi) is 5.64. The molecule has 0 aliphatic heterocycles. The minimum absolute atomic E-state index is 0.0826. The lowest BCUT2D eigenvalue weighted by atomic mass is 9.93. The topological polar surface area (TPSA) is 109 Å². The third-order valence-electron chi connectivity index (χ3n) is 7.54. The highest BCUT2D eigenvalue weighted by atomic mass is 16.5. The lowest BCUT2D eigenvalue weighted by Crippen LogP contribution is -2.38. The average Bonchev–Trinajstić information content (AvgIpc) is 3.52. The average molecular weight is 474 g/mol. The van der Waals surface area contributed by atoms with Crippen molar-refractivity contribution >= 4 is 28.4 Å². The van der Waals surface area contributed by atoms with Crippen molar-refractivity contribution in [3.8, 4) is 11.1 Å². The number of fused-ring (bicyclic) bond motifs is 2. The summed E-state index contributed by atoms with van der Waals surface area (Å²) < 4.78 is 7.19. The number of nitrogens with zero attached hydrogens (tertiary/aromatic N) is 4. The second-order valence-corrected chi connectivity index (χ2v) is 9.91. The molecule has 1 unspecified atom stereocenters. The van der Waals surface area contributed by atoms with Crippen molar-refractivity contribution in [3.05, 3.63) is 42.5 Å². The zero-order valence-corrected chi connectivity index (χ0v) is 20.1. The molecule has 0 spiro atoms. The molecule has 4 aromatic rings. The minimum Gasteiger partial charge on any atom is -0.381 e. The van der Waals surface area contributed by atoms with Crippen LogP contribution in [0.1, 0.15) is 55.8 Å². The number of rotatable bonds is 7. The number of pyridine rings is 1. The van der Waals surface area contributed by atoms with Gasteiger partial charge < -0.3 is 20.4 Å². The Hall–Kier alpha value is -3.46. The number of carbonyl (C=O) groups excluding carboxylic acids is 1. The van der Waals surface area contributed by atoms with Crippen molar-refractivity contribution in [1.29, 1.82) is 0 Å². The molecule has 9 nitrogen and oxygen atoms in total. The summed E-state index contributed by atoms with van der Waals surface area (Å²) in [6, 6.07) is 4.56. The van der Waals surface area contributed by atoms with Crippen LogP contribution in [0.2, 0.25) is 0 Å². The van der Waals surface area contributed by atoms with Crippen LogP contribution in [0.3, 0.4) is 0 Å². The summed E-state index contributed by atoms with van der Waals surface area (Å²) in [5.41, 5.74) is 4.12. The summed E-state index contributed by atoms with van der Waals surface area (Å²) in [7, 11) is 1.76. The molecule has 2 aliphatic rings. The van der Waals surface area contributed by atoms with E-state index in [1.165, 1.54) is 12.8 Å². The SMILES string of the molecule is CO[C@H]1CC[C@H](NC(=O)c2cnn3ccc(-c4c[nH]c5nc(NC(C)C6CC6)ncc45)cc23)CC1. The number of carbonyl (C=O) groups is 1. The van der Waals surface area contributed by atoms with Crippen LogP contribution in [0.15, 0.2) is 36.9 Å². The van der Waals surface area contributed by atoms with Gasteiger partial charge in [-0.3, -0.25) is 4.79 Å². The van der Waals surface area contributed by atoms with E-state index in [1.807, 2.05) is 30.7 Å². The standard InChI is InChI=1S/C26H31N7O2/c1-15(16-3-4-16)30-26-28-13-21-20(12-27-24(21)32-26)17-9-10-33-23(11-17)22(14-29-33)25(34)31-18-5-7-19(35-2)8-6-18/h9-16,18-19H,3-8H2,1-2H3,(H,31,34)(H2,27,28,30,32)/t15?,18-,19-. The van der Waals surface area contributed by atoms with Gasteiger partial charge in [0.25, 0.3) is 5.91 Å². The molecule has 3 N–H and O–H groups in total. The van der Waals surface area contributed by atoms with Gasteiger partial charge in [0.2, 0.25) is 5.95 Å². The maximum atomic E-state index is 13.1. The van der Waals surface area contributed by atoms with Crippen molar-refractivity contribution in [2.75, 3.05) is 12.4 Å². The van der Waals surface area contributed by atoms with E-state index in [0.29, 0.717) is 23.7 Å². The third kappa shape index (κ3) is 4.36. The first-order valence-corrected chi connectivity index (χ1v) is 12.5. The normalized spacial score (nSPS) is 21.3. The first-order valence-electron chi connectivity index (χ1n) is 12.5. The summed E-state index contributed by atoms with van der Waals surface area (Å²) >= 11 is 0. The van der Waals surface area contributed by atoms with Gasteiger partial charge in [-0.25, -0.2) is 9.50 Å². The van der Waals surface area contributed by atoms with E-state index in [1.54, 1.807) is 17.8 Å². The fourth-order valence-corrected chi connectivity index (χ4v) is 5.16. The first-order chi connectivity index (χ1) is 17.1. The number of methoxy groups -OCH3 is 1. The van der Waals surface area contributed by atoms with Gasteiger partial charge in [-0.15, -0.1) is 0 Å². The quantitative estimate of drug-likeness (QED) is 0.372. The number of nitrogens with one attached hydrogen (secondary N) is 3. The summed E-state index contributed by atoms with van der Waals surface area (Å²) in [6.07, 6.45) is 14.0. The van der Waals surface area contributed by atoms with Crippen molar-refractivity contribution in [2.45, 2.75) is 63.6 Å². The van der Waals surface area contributed by atoms with E-state index in [9.17, 15) is 4.79 Å². The van der Waals surface area contributed by atoms with Gasteiger partial charge in [0.1, 0.15) is 5.65 Å². The summed E-state index contributed by atoms with van der Waals surface area (Å²) in [6.45, 7) is 2.18. The molecule has 6 rings (SSSR count). The molecule has 182 valence electrons. The van der Waals surface area contributed by atoms with E-state index >= 15 is 0 Å². The number of hydrogen-bond donors (Lipinski definition) is 3. The van der Waals surface area contributed by atoms with Crippen molar-refractivity contribution in [2.24, 2.45) is 5.92 Å². The zero-order chi connectivity index (χ0) is 23.9. The number of amides is 1. The van der Waals surface area contributed by atoms with E-state index in [2.05, 4.69) is 37.6 Å². The molecule has 0 aromatic carbocycles. The molecule has 0 saturated heterocycles. The van der Waals surface area contributed by atoms with Crippen LogP contribution in [-0.2, 0) is 4.74 Å². The Balaban J connectivity index is 1.24. The second kappa shape index (κ2) is 8.96. The molecule has 4 heterocycles. The monoisotopic (exact) mass is 473 g/mol. The molecule has 0 bridgehead atoms. The van der Waals surface area contributed by atoms with Gasteiger partial charge in [0.15, 0.2) is 0 Å². The predicted octanol–water partition coefficient (Wildman–Crippen LogP) is 4.17. The number of aromatic amines is 1. The van der Waals surface area contributed by atoms with Gasteiger partial charge in [0.05, 0.1) is 23.4 Å². The summed E-state index contributed by atoms with van der Waals surface area (Å²) in [5.74, 6) is 1.29. The molecule has 35 heavy (non-hydrogen) atoms. The van der Waals surface area contributed by atoms with Crippen molar-refractivity contribution < 1.29 is 9.53 Å². The van der Waals surface area contributed by atoms with Crippen LogP contribution in [0, 0.1) is 5.92 Å². The smallest absolute Gasteiger partial charge is 0.255 e. The molecule has 2 aliphatic carbocycles. The van der Waals surface area contributed by atoms with Crippen LogP contribution >= 0.6 is 0 Å². The van der Waals surface area contributed by atoms with Crippen molar-refractivity contribution in [3.63, 3.8) is 0 Å². The Morgan fingerprint density at radius 2 is 2.03 bits per heavy atom. The zero-order valence-electron chi connectivity index (χ0n) is 20.1. The Labute approximate surface area is 203 Å². The van der Waals surface area contributed by atoms with E-state index in [-0.39, 0.29) is 11.9 Å². The summed E-state index contributed by atoms with van der Waals surface area (Å²) in [5, 5.41) is 12.0. The third-order valence-corrected chi connectivity index (χ3v) is 7.54. The lowest BCUT2D eigenvalue weighted by Gasteiger charge is -2.28. The van der Waals surface area contributed by atoms with Gasteiger partial charge in [-0.1, -0.05) is 0 Å². The molecular weight excluding hydrogens is 442 g/mol. The maximum Gasteiger partial charge on any atom is 0.255 e. The fraction of sp³-hybridized carbons (Fsp3) is 0.462. The molecule has 1 amide bonds. The highest BCUT2D eigenvalue weighted by Gasteiger charge is 2.28. The maximum absolute atomic E-state index is 13.1. The largest absolute Gasteiger partial charge is 0.381 e. The van der Waals surface area contributed by atoms with Gasteiger partial charge in [-0.2, -0.15) is 10.1 Å². The number of aromatic nitrogens is 5. The number of anilines is 1. The van der Waals surface area contributed by atoms with E-state index in [4.69, 9.17) is 4.74 Å².